The topological polar surface area (TPSA) is 71.1 Å². The van der Waals surface area contributed by atoms with Crippen LogP contribution in [0.3, 0.4) is 0 Å². The quantitative estimate of drug-likeness (QED) is 0.594. The van der Waals surface area contributed by atoms with Crippen molar-refractivity contribution < 1.29 is 28.4 Å². The number of methoxy groups -OCH3 is 2. The van der Waals surface area contributed by atoms with Gasteiger partial charge in [0.05, 0.1) is 25.3 Å². The van der Waals surface area contributed by atoms with Crippen LogP contribution in [-0.2, 0) is 9.47 Å². The molecule has 0 fully saturated rings. The van der Waals surface area contributed by atoms with Gasteiger partial charge in [-0.3, -0.25) is 0 Å². The maximum atomic E-state index is 11.5. The summed E-state index contributed by atoms with van der Waals surface area (Å²) < 4.78 is 20.2. The van der Waals surface area contributed by atoms with Gasteiger partial charge >= 0.3 is 19.6 Å². The number of carbonyl (C=O) groups is 2. The standard InChI is InChI=1S/C18H18BO6/c1-11-9-13(5-7-15(11)17(20)22-3)24-19-25-14-6-8-16(12(2)10-14)18(21)23-4/h5-10H,1-4H3. The molecule has 2 aromatic carbocycles. The minimum atomic E-state index is -0.398. The predicted octanol–water partition coefficient (Wildman–Crippen LogP) is 2.87. The molecule has 0 bridgehead atoms. The molecule has 0 spiro atoms. The molecule has 0 saturated carbocycles. The summed E-state index contributed by atoms with van der Waals surface area (Å²) in [5.41, 5.74) is 2.42. The highest BCUT2D eigenvalue weighted by Gasteiger charge is 2.12. The smallest absolute Gasteiger partial charge is 0.526 e. The summed E-state index contributed by atoms with van der Waals surface area (Å²) in [7, 11) is 3.85. The fourth-order valence-corrected chi connectivity index (χ4v) is 2.23. The first-order valence-electron chi connectivity index (χ1n) is 7.49. The van der Waals surface area contributed by atoms with E-state index in [2.05, 4.69) is 0 Å². The van der Waals surface area contributed by atoms with E-state index < -0.39 is 11.9 Å². The van der Waals surface area contributed by atoms with Crippen LogP contribution in [0.15, 0.2) is 36.4 Å². The van der Waals surface area contributed by atoms with Crippen molar-refractivity contribution in [2.24, 2.45) is 0 Å². The first-order chi connectivity index (χ1) is 12.0. The fraction of sp³-hybridized carbons (Fsp3) is 0.222. The summed E-state index contributed by atoms with van der Waals surface area (Å²) in [5.74, 6) is 0.247. The van der Waals surface area contributed by atoms with Gasteiger partial charge in [0.15, 0.2) is 0 Å². The molecule has 0 saturated heterocycles. The van der Waals surface area contributed by atoms with Crippen molar-refractivity contribution in [3.8, 4) is 11.5 Å². The highest BCUT2D eigenvalue weighted by atomic mass is 16.6. The number of rotatable bonds is 6. The molecule has 0 unspecified atom stereocenters. The van der Waals surface area contributed by atoms with E-state index in [-0.39, 0.29) is 0 Å². The van der Waals surface area contributed by atoms with Gasteiger partial charge in [-0.15, -0.1) is 0 Å². The molecule has 0 N–H and O–H groups in total. The van der Waals surface area contributed by atoms with Crippen LogP contribution < -0.4 is 9.31 Å². The van der Waals surface area contributed by atoms with E-state index in [1.54, 1.807) is 50.2 Å². The molecule has 0 heterocycles. The fourth-order valence-electron chi connectivity index (χ4n) is 2.23. The molecule has 129 valence electrons. The first kappa shape index (κ1) is 18.4. The molecule has 0 aliphatic rings. The maximum absolute atomic E-state index is 11.5. The highest BCUT2D eigenvalue weighted by Crippen LogP contribution is 2.20. The average Bonchev–Trinajstić information content (AvgIpc) is 2.60. The number of ether oxygens (including phenoxy) is 2. The molecule has 0 aromatic heterocycles. The van der Waals surface area contributed by atoms with Gasteiger partial charge < -0.3 is 18.8 Å². The Balaban J connectivity index is 1.97. The van der Waals surface area contributed by atoms with Gasteiger partial charge in [-0.25, -0.2) is 9.59 Å². The molecule has 0 aliphatic heterocycles. The number of aryl methyl sites for hydroxylation is 2. The van der Waals surface area contributed by atoms with Gasteiger partial charge in [0.1, 0.15) is 11.5 Å². The molecule has 6 nitrogen and oxygen atoms in total. The second-order valence-electron chi connectivity index (χ2n) is 5.27. The number of hydrogen-bond acceptors (Lipinski definition) is 6. The van der Waals surface area contributed by atoms with Gasteiger partial charge in [-0.2, -0.15) is 0 Å². The van der Waals surface area contributed by atoms with Gasteiger partial charge in [-0.1, -0.05) is 0 Å². The lowest BCUT2D eigenvalue weighted by Gasteiger charge is -2.10. The minimum Gasteiger partial charge on any atom is -0.526 e. The monoisotopic (exact) mass is 341 g/mol. The van der Waals surface area contributed by atoms with E-state index in [9.17, 15) is 9.59 Å². The summed E-state index contributed by atoms with van der Waals surface area (Å²) in [6, 6.07) is 9.95. The Morgan fingerprint density at radius 1 is 0.760 bits per heavy atom. The Morgan fingerprint density at radius 2 is 1.16 bits per heavy atom. The molecule has 0 aliphatic carbocycles. The van der Waals surface area contributed by atoms with Crippen LogP contribution in [0, 0.1) is 13.8 Å². The molecule has 2 aromatic rings. The van der Waals surface area contributed by atoms with Crippen LogP contribution in [-0.4, -0.2) is 33.8 Å². The Bertz CT molecular complexity index is 722. The zero-order chi connectivity index (χ0) is 18.4. The van der Waals surface area contributed by atoms with Gasteiger partial charge in [0.2, 0.25) is 0 Å². The Morgan fingerprint density at radius 3 is 1.48 bits per heavy atom. The number of hydrogen-bond donors (Lipinski definition) is 0. The van der Waals surface area contributed by atoms with E-state index in [0.717, 1.165) is 11.1 Å². The summed E-state index contributed by atoms with van der Waals surface area (Å²) in [5, 5.41) is 0. The third-order valence-electron chi connectivity index (χ3n) is 3.57. The molecule has 0 amide bonds. The van der Waals surface area contributed by atoms with Crippen molar-refractivity contribution in [1.29, 1.82) is 0 Å². The van der Waals surface area contributed by atoms with Crippen LogP contribution in [0.5, 0.6) is 11.5 Å². The summed E-state index contributed by atoms with van der Waals surface area (Å²) in [6.07, 6.45) is 0. The van der Waals surface area contributed by atoms with Crippen molar-refractivity contribution in [3.63, 3.8) is 0 Å². The van der Waals surface area contributed by atoms with E-state index in [4.69, 9.17) is 18.8 Å². The van der Waals surface area contributed by atoms with E-state index in [1.807, 2.05) is 0 Å². The van der Waals surface area contributed by atoms with Crippen molar-refractivity contribution >= 4 is 19.6 Å². The van der Waals surface area contributed by atoms with Crippen LogP contribution in [0.4, 0.5) is 0 Å². The van der Waals surface area contributed by atoms with Crippen molar-refractivity contribution in [2.45, 2.75) is 13.8 Å². The Labute approximate surface area is 147 Å². The Kier molecular flexibility index (Phi) is 6.06. The lowest BCUT2D eigenvalue weighted by atomic mass is 10.1. The largest absolute Gasteiger partial charge is 0.658 e. The zero-order valence-corrected chi connectivity index (χ0v) is 14.5. The molecule has 7 heteroatoms. The van der Waals surface area contributed by atoms with Gasteiger partial charge in [-0.05, 0) is 61.4 Å². The second kappa shape index (κ2) is 8.23. The van der Waals surface area contributed by atoms with Crippen LogP contribution in [0.25, 0.3) is 0 Å². The molecule has 2 rings (SSSR count). The van der Waals surface area contributed by atoms with E-state index in [0.29, 0.717) is 22.6 Å². The summed E-state index contributed by atoms with van der Waals surface area (Å²) >= 11 is 0. The van der Waals surface area contributed by atoms with E-state index in [1.165, 1.54) is 21.9 Å². The molecular weight excluding hydrogens is 323 g/mol. The van der Waals surface area contributed by atoms with Crippen molar-refractivity contribution in [1.82, 2.24) is 0 Å². The van der Waals surface area contributed by atoms with Crippen LogP contribution >= 0.6 is 0 Å². The van der Waals surface area contributed by atoms with Crippen LogP contribution in [0.1, 0.15) is 31.8 Å². The van der Waals surface area contributed by atoms with Crippen LogP contribution in [0.2, 0.25) is 0 Å². The third-order valence-corrected chi connectivity index (χ3v) is 3.57. The van der Waals surface area contributed by atoms with E-state index >= 15 is 0 Å². The lowest BCUT2D eigenvalue weighted by molar-refractivity contribution is 0.0591. The highest BCUT2D eigenvalue weighted by molar-refractivity contribution is 6.20. The number of carbonyl (C=O) groups excluding carboxylic acids is 2. The van der Waals surface area contributed by atoms with Gasteiger partial charge in [0, 0.05) is 0 Å². The summed E-state index contributed by atoms with van der Waals surface area (Å²) in [4.78, 5) is 23.1. The third kappa shape index (κ3) is 4.53. The lowest BCUT2D eigenvalue weighted by Crippen LogP contribution is -2.12. The number of esters is 2. The van der Waals surface area contributed by atoms with Gasteiger partial charge in [0.25, 0.3) is 0 Å². The SMILES string of the molecule is COC(=O)c1ccc(O[B]Oc2ccc(C(=O)OC)c(C)c2)cc1C. The molecule has 25 heavy (non-hydrogen) atoms. The normalized spacial score (nSPS) is 9.92. The molecular formula is C18H18BO6. The number of benzene rings is 2. The maximum Gasteiger partial charge on any atom is 0.658 e. The van der Waals surface area contributed by atoms with Crippen molar-refractivity contribution in [3.05, 3.63) is 58.7 Å². The zero-order valence-electron chi connectivity index (χ0n) is 14.5. The van der Waals surface area contributed by atoms with Crippen molar-refractivity contribution in [2.75, 3.05) is 14.2 Å². The Hall–Kier alpha value is -2.96. The minimum absolute atomic E-state index is 0.398. The predicted molar refractivity (Wildman–Crippen MR) is 92.0 cm³/mol. The average molecular weight is 341 g/mol. The first-order valence-corrected chi connectivity index (χ1v) is 7.49. The summed E-state index contributed by atoms with van der Waals surface area (Å²) in [6.45, 7) is 3.57. The molecule has 0 atom stereocenters. The second-order valence-corrected chi connectivity index (χ2v) is 5.27. The molecule has 1 radical (unpaired) electrons.